The van der Waals surface area contributed by atoms with Gasteiger partial charge in [0, 0.05) is 6.42 Å². The number of benzene rings is 2. The van der Waals surface area contributed by atoms with E-state index in [0.717, 1.165) is 16.0 Å². The molecule has 1 heterocycles. The van der Waals surface area contributed by atoms with E-state index in [1.165, 1.54) is 0 Å². The molecule has 2 aromatic rings. The van der Waals surface area contributed by atoms with Gasteiger partial charge in [-0.05, 0) is 43.2 Å². The van der Waals surface area contributed by atoms with Crippen molar-refractivity contribution < 1.29 is 19.1 Å². The number of para-hydroxylation sites is 1. The van der Waals surface area contributed by atoms with Gasteiger partial charge in [-0.2, -0.15) is 0 Å². The summed E-state index contributed by atoms with van der Waals surface area (Å²) in [6, 6.07) is 11.9. The summed E-state index contributed by atoms with van der Waals surface area (Å²) >= 11 is 6.13. The standard InChI is InChI=1S/C21H22ClN3O4/c1-13-8-9-16(15(22)10-13)23-18(26)12-25-19(27)21(2,24-20(25)28)11-14-6-4-5-7-17(14)29-3/h4-10H,11-12H2,1-3H3,(H,23,26)(H,24,28)/t21-/m1/s1. The number of carbonyl (C=O) groups is 3. The third-order valence-corrected chi connectivity index (χ3v) is 5.09. The highest BCUT2D eigenvalue weighted by Gasteiger charge is 2.48. The summed E-state index contributed by atoms with van der Waals surface area (Å²) in [5.74, 6) is -0.361. The molecule has 1 fully saturated rings. The first-order valence-electron chi connectivity index (χ1n) is 9.05. The van der Waals surface area contributed by atoms with Gasteiger partial charge in [-0.3, -0.25) is 14.5 Å². The maximum Gasteiger partial charge on any atom is 0.325 e. The molecule has 2 aromatic carbocycles. The van der Waals surface area contributed by atoms with Gasteiger partial charge < -0.3 is 15.4 Å². The van der Waals surface area contributed by atoms with Crippen molar-refractivity contribution in [3.63, 3.8) is 0 Å². The average Bonchev–Trinajstić information content (AvgIpc) is 2.87. The lowest BCUT2D eigenvalue weighted by atomic mass is 9.92. The van der Waals surface area contributed by atoms with E-state index in [-0.39, 0.29) is 6.42 Å². The van der Waals surface area contributed by atoms with E-state index in [1.54, 1.807) is 38.3 Å². The minimum Gasteiger partial charge on any atom is -0.496 e. The molecule has 2 N–H and O–H groups in total. The summed E-state index contributed by atoms with van der Waals surface area (Å²) in [7, 11) is 1.54. The highest BCUT2D eigenvalue weighted by Crippen LogP contribution is 2.28. The molecule has 0 bridgehead atoms. The molecule has 152 valence electrons. The van der Waals surface area contributed by atoms with Gasteiger partial charge in [0.05, 0.1) is 17.8 Å². The molecule has 0 aromatic heterocycles. The predicted molar refractivity (Wildman–Crippen MR) is 110 cm³/mol. The molecule has 0 radical (unpaired) electrons. The molecule has 0 unspecified atom stereocenters. The van der Waals surface area contributed by atoms with Crippen LogP contribution in [0, 0.1) is 6.92 Å². The van der Waals surface area contributed by atoms with E-state index >= 15 is 0 Å². The minimum atomic E-state index is -1.17. The molecule has 1 atom stereocenters. The van der Waals surface area contributed by atoms with Crippen LogP contribution in [0.15, 0.2) is 42.5 Å². The number of halogens is 1. The Morgan fingerprint density at radius 3 is 2.66 bits per heavy atom. The smallest absolute Gasteiger partial charge is 0.325 e. The summed E-state index contributed by atoms with van der Waals surface area (Å²) in [6.07, 6.45) is 0.240. The van der Waals surface area contributed by atoms with Crippen LogP contribution < -0.4 is 15.4 Å². The number of methoxy groups -OCH3 is 1. The summed E-state index contributed by atoms with van der Waals surface area (Å²) < 4.78 is 5.33. The Hall–Kier alpha value is -3.06. The fraction of sp³-hybridized carbons (Fsp3) is 0.286. The Morgan fingerprint density at radius 1 is 1.24 bits per heavy atom. The van der Waals surface area contributed by atoms with Gasteiger partial charge in [0.1, 0.15) is 17.8 Å². The van der Waals surface area contributed by atoms with Crippen LogP contribution in [0.5, 0.6) is 5.75 Å². The molecular weight excluding hydrogens is 394 g/mol. The molecule has 1 saturated heterocycles. The SMILES string of the molecule is COc1ccccc1C[C@@]1(C)NC(=O)N(CC(=O)Nc2ccc(C)cc2Cl)C1=O. The molecule has 29 heavy (non-hydrogen) atoms. The van der Waals surface area contributed by atoms with E-state index in [9.17, 15) is 14.4 Å². The number of nitrogens with one attached hydrogen (secondary N) is 2. The van der Waals surface area contributed by atoms with E-state index in [0.29, 0.717) is 16.5 Å². The predicted octanol–water partition coefficient (Wildman–Crippen LogP) is 3.15. The van der Waals surface area contributed by atoms with E-state index in [4.69, 9.17) is 16.3 Å². The summed E-state index contributed by atoms with van der Waals surface area (Å²) in [4.78, 5) is 38.7. The maximum atomic E-state index is 12.9. The van der Waals surface area contributed by atoms with Gasteiger partial charge in [-0.15, -0.1) is 0 Å². The van der Waals surface area contributed by atoms with Crippen LogP contribution in [0.3, 0.4) is 0 Å². The number of hydrogen-bond donors (Lipinski definition) is 2. The van der Waals surface area contributed by atoms with Crippen LogP contribution in [0.25, 0.3) is 0 Å². The Kier molecular flexibility index (Phi) is 5.79. The molecular formula is C21H22ClN3O4. The summed E-state index contributed by atoms with van der Waals surface area (Å²) in [6.45, 7) is 3.11. The summed E-state index contributed by atoms with van der Waals surface area (Å²) in [5, 5.41) is 5.72. The second kappa shape index (κ2) is 8.13. The largest absolute Gasteiger partial charge is 0.496 e. The number of hydrogen-bond acceptors (Lipinski definition) is 4. The highest BCUT2D eigenvalue weighted by atomic mass is 35.5. The lowest BCUT2D eigenvalue weighted by Gasteiger charge is -2.22. The Labute approximate surface area is 174 Å². The molecule has 7 nitrogen and oxygen atoms in total. The normalized spacial score (nSPS) is 18.6. The number of rotatable bonds is 6. The van der Waals surface area contributed by atoms with Crippen LogP contribution in [0.2, 0.25) is 5.02 Å². The van der Waals surface area contributed by atoms with Crippen molar-refractivity contribution in [3.8, 4) is 5.75 Å². The number of imide groups is 1. The van der Waals surface area contributed by atoms with Crippen molar-refractivity contribution in [3.05, 3.63) is 58.6 Å². The first kappa shape index (κ1) is 20.7. The molecule has 4 amide bonds. The van der Waals surface area contributed by atoms with Crippen LogP contribution in [0.4, 0.5) is 10.5 Å². The van der Waals surface area contributed by atoms with Crippen LogP contribution in [-0.4, -0.2) is 41.9 Å². The number of aryl methyl sites for hydroxylation is 1. The molecule has 0 aliphatic carbocycles. The van der Waals surface area contributed by atoms with Gasteiger partial charge in [-0.1, -0.05) is 35.9 Å². The van der Waals surface area contributed by atoms with Gasteiger partial charge in [0.25, 0.3) is 5.91 Å². The van der Waals surface area contributed by atoms with Crippen molar-refractivity contribution >= 4 is 35.1 Å². The number of urea groups is 1. The highest BCUT2D eigenvalue weighted by molar-refractivity contribution is 6.33. The molecule has 0 saturated carbocycles. The van der Waals surface area contributed by atoms with Crippen molar-refractivity contribution in [2.75, 3.05) is 19.0 Å². The van der Waals surface area contributed by atoms with Crippen molar-refractivity contribution in [2.24, 2.45) is 0 Å². The molecule has 1 aliphatic rings. The molecule has 3 rings (SSSR count). The monoisotopic (exact) mass is 415 g/mol. The lowest BCUT2D eigenvalue weighted by molar-refractivity contribution is -0.133. The fourth-order valence-corrected chi connectivity index (χ4v) is 3.58. The zero-order valence-corrected chi connectivity index (χ0v) is 17.2. The number of carbonyl (C=O) groups excluding carboxylic acids is 3. The second-order valence-corrected chi connectivity index (χ2v) is 7.58. The Morgan fingerprint density at radius 2 is 1.97 bits per heavy atom. The van der Waals surface area contributed by atoms with E-state index in [1.807, 2.05) is 25.1 Å². The van der Waals surface area contributed by atoms with Gasteiger partial charge >= 0.3 is 6.03 Å². The number of nitrogens with zero attached hydrogens (tertiary/aromatic N) is 1. The quantitative estimate of drug-likeness (QED) is 0.709. The first-order valence-corrected chi connectivity index (χ1v) is 9.43. The fourth-order valence-electron chi connectivity index (χ4n) is 3.30. The van der Waals surface area contributed by atoms with Crippen molar-refractivity contribution in [1.82, 2.24) is 10.2 Å². The second-order valence-electron chi connectivity index (χ2n) is 7.17. The van der Waals surface area contributed by atoms with Crippen molar-refractivity contribution in [2.45, 2.75) is 25.8 Å². The minimum absolute atomic E-state index is 0.240. The van der Waals surface area contributed by atoms with Crippen LogP contribution in [0.1, 0.15) is 18.1 Å². The summed E-state index contributed by atoms with van der Waals surface area (Å²) in [5.41, 5.74) is 0.984. The van der Waals surface area contributed by atoms with Crippen LogP contribution in [-0.2, 0) is 16.0 Å². The molecule has 1 aliphatic heterocycles. The van der Waals surface area contributed by atoms with Gasteiger partial charge in [-0.25, -0.2) is 4.79 Å². The topological polar surface area (TPSA) is 87.7 Å². The molecule has 8 heteroatoms. The first-order chi connectivity index (χ1) is 13.7. The average molecular weight is 416 g/mol. The van der Waals surface area contributed by atoms with Gasteiger partial charge in [0.15, 0.2) is 0 Å². The number of amides is 4. The third-order valence-electron chi connectivity index (χ3n) is 4.78. The zero-order chi connectivity index (χ0) is 21.2. The van der Waals surface area contributed by atoms with Crippen molar-refractivity contribution in [1.29, 1.82) is 0 Å². The van der Waals surface area contributed by atoms with E-state index in [2.05, 4.69) is 10.6 Å². The van der Waals surface area contributed by atoms with Crippen LogP contribution >= 0.6 is 11.6 Å². The lowest BCUT2D eigenvalue weighted by Crippen LogP contribution is -2.46. The van der Waals surface area contributed by atoms with E-state index < -0.39 is 29.9 Å². The Balaban J connectivity index is 1.72. The van der Waals surface area contributed by atoms with Gasteiger partial charge in [0.2, 0.25) is 5.91 Å². The maximum absolute atomic E-state index is 12.9. The Bertz CT molecular complexity index is 978. The number of anilines is 1. The number of ether oxygens (including phenoxy) is 1. The third kappa shape index (κ3) is 4.35. The molecule has 0 spiro atoms. The zero-order valence-electron chi connectivity index (χ0n) is 16.4.